The molecule has 0 saturated carbocycles. The number of aryl methyl sites for hydroxylation is 2. The van der Waals surface area contributed by atoms with Crippen LogP contribution in [0.5, 0.6) is 0 Å². The molecule has 184 valence electrons. The largest absolute Gasteiger partial charge is 0.378 e. The number of carbonyl (C=O) groups excluding carboxylic acids is 1. The first-order chi connectivity index (χ1) is 17.4. The lowest BCUT2D eigenvalue weighted by Crippen LogP contribution is -2.37. The number of morpholine rings is 1. The molecule has 2 aromatic heterocycles. The third-order valence-corrected chi connectivity index (χ3v) is 5.80. The van der Waals surface area contributed by atoms with E-state index in [-0.39, 0.29) is 11.7 Å². The Bertz CT molecular complexity index is 1360. The van der Waals surface area contributed by atoms with Crippen molar-refractivity contribution in [3.8, 4) is 11.3 Å². The van der Waals surface area contributed by atoms with Crippen LogP contribution in [0, 0.1) is 12.7 Å². The van der Waals surface area contributed by atoms with Crippen molar-refractivity contribution >= 4 is 29.0 Å². The predicted molar refractivity (Wildman–Crippen MR) is 136 cm³/mol. The van der Waals surface area contributed by atoms with Gasteiger partial charge in [0.1, 0.15) is 17.3 Å². The van der Waals surface area contributed by atoms with Crippen molar-refractivity contribution in [3.63, 3.8) is 0 Å². The molecule has 2 aromatic carbocycles. The van der Waals surface area contributed by atoms with Crippen LogP contribution in [0.3, 0.4) is 0 Å². The van der Waals surface area contributed by atoms with Gasteiger partial charge in [-0.15, -0.1) is 0 Å². The van der Waals surface area contributed by atoms with Gasteiger partial charge in [0.25, 0.3) is 5.91 Å². The zero-order valence-electron chi connectivity index (χ0n) is 20.0. The van der Waals surface area contributed by atoms with Crippen LogP contribution in [0.15, 0.2) is 60.7 Å². The maximum Gasteiger partial charge on any atom is 0.273 e. The highest BCUT2D eigenvalue weighted by atomic mass is 19.1. The van der Waals surface area contributed by atoms with Crippen LogP contribution in [-0.2, 0) is 11.8 Å². The third-order valence-electron chi connectivity index (χ3n) is 5.80. The minimum Gasteiger partial charge on any atom is -0.378 e. The van der Waals surface area contributed by atoms with E-state index in [0.717, 1.165) is 30.0 Å². The van der Waals surface area contributed by atoms with Crippen molar-refractivity contribution < 1.29 is 13.9 Å². The number of anilines is 4. The van der Waals surface area contributed by atoms with Crippen LogP contribution in [0.1, 0.15) is 16.2 Å². The molecule has 1 fully saturated rings. The Labute approximate surface area is 207 Å². The second kappa shape index (κ2) is 10.1. The second-order valence-electron chi connectivity index (χ2n) is 8.50. The summed E-state index contributed by atoms with van der Waals surface area (Å²) < 4.78 is 20.1. The van der Waals surface area contributed by atoms with Crippen molar-refractivity contribution in [2.45, 2.75) is 6.92 Å². The summed E-state index contributed by atoms with van der Waals surface area (Å²) in [4.78, 5) is 24.2. The van der Waals surface area contributed by atoms with Gasteiger partial charge >= 0.3 is 0 Å². The molecule has 0 bridgehead atoms. The number of rotatable bonds is 6. The molecule has 4 aromatic rings. The van der Waals surface area contributed by atoms with Gasteiger partial charge in [-0.3, -0.25) is 9.48 Å². The van der Waals surface area contributed by atoms with Gasteiger partial charge in [-0.25, -0.2) is 9.37 Å². The van der Waals surface area contributed by atoms with E-state index in [1.165, 1.54) is 16.8 Å². The summed E-state index contributed by atoms with van der Waals surface area (Å²) in [6, 6.07) is 16.9. The number of benzene rings is 2. The summed E-state index contributed by atoms with van der Waals surface area (Å²) >= 11 is 0. The van der Waals surface area contributed by atoms with Gasteiger partial charge in [0.2, 0.25) is 5.95 Å². The van der Waals surface area contributed by atoms with Crippen molar-refractivity contribution in [1.82, 2.24) is 19.7 Å². The number of nitrogens with one attached hydrogen (secondary N) is 2. The van der Waals surface area contributed by atoms with Gasteiger partial charge in [0, 0.05) is 48.8 Å². The number of carbonyl (C=O) groups is 1. The van der Waals surface area contributed by atoms with Crippen molar-refractivity contribution in [3.05, 3.63) is 77.9 Å². The number of amides is 1. The number of hydrogen-bond acceptors (Lipinski definition) is 7. The Balaban J connectivity index is 1.25. The lowest BCUT2D eigenvalue weighted by atomic mass is 10.1. The molecule has 0 aliphatic carbocycles. The Morgan fingerprint density at radius 1 is 0.972 bits per heavy atom. The van der Waals surface area contributed by atoms with E-state index in [4.69, 9.17) is 4.74 Å². The summed E-state index contributed by atoms with van der Waals surface area (Å²) in [5, 5.41) is 10.6. The van der Waals surface area contributed by atoms with E-state index >= 15 is 0 Å². The molecule has 1 saturated heterocycles. The van der Waals surface area contributed by atoms with Crippen molar-refractivity contribution in [1.29, 1.82) is 0 Å². The van der Waals surface area contributed by atoms with Crippen LogP contribution in [0.4, 0.5) is 27.5 Å². The Hall–Kier alpha value is -4.31. The van der Waals surface area contributed by atoms with Crippen LogP contribution >= 0.6 is 0 Å². The van der Waals surface area contributed by atoms with Crippen LogP contribution < -0.4 is 15.5 Å². The number of nitrogens with zero attached hydrogens (tertiary/aromatic N) is 5. The van der Waals surface area contributed by atoms with Gasteiger partial charge in [-0.1, -0.05) is 0 Å². The van der Waals surface area contributed by atoms with E-state index in [1.807, 2.05) is 37.3 Å². The molecule has 1 aliphatic rings. The number of ether oxygens (including phenoxy) is 1. The zero-order chi connectivity index (χ0) is 25.1. The maximum absolute atomic E-state index is 13.2. The molecule has 0 spiro atoms. The van der Waals surface area contributed by atoms with Crippen LogP contribution in [-0.4, -0.2) is 52.0 Å². The number of aromatic nitrogens is 4. The van der Waals surface area contributed by atoms with Gasteiger partial charge in [0.15, 0.2) is 0 Å². The average molecular weight is 488 g/mol. The first-order valence-electron chi connectivity index (χ1n) is 11.6. The lowest BCUT2D eigenvalue weighted by Gasteiger charge is -2.27. The highest BCUT2D eigenvalue weighted by molar-refractivity contribution is 6.03. The normalized spacial score (nSPS) is 13.5. The number of hydrogen-bond donors (Lipinski definition) is 2. The standard InChI is InChI=1S/C26H26FN7O2/c1-17-15-24(31-26(28-17)34-11-13-36-14-12-34)29-20-7-9-21(10-8-20)30-25(35)23-16-22(32-33(23)2)18-3-5-19(27)6-4-18/h3-10,15-16H,11-14H2,1-2H3,(H,30,35)(H,28,29,31). The fourth-order valence-electron chi connectivity index (χ4n) is 3.94. The van der Waals surface area contributed by atoms with E-state index in [9.17, 15) is 9.18 Å². The van der Waals surface area contributed by atoms with E-state index in [2.05, 4.69) is 30.6 Å². The molecule has 1 amide bonds. The van der Waals surface area contributed by atoms with E-state index in [1.54, 1.807) is 25.2 Å². The van der Waals surface area contributed by atoms with Crippen molar-refractivity contribution in [2.75, 3.05) is 41.8 Å². The maximum atomic E-state index is 13.2. The van der Waals surface area contributed by atoms with Gasteiger partial charge in [0.05, 0.1) is 18.9 Å². The molecular formula is C26H26FN7O2. The average Bonchev–Trinajstić information content (AvgIpc) is 3.27. The van der Waals surface area contributed by atoms with Crippen LogP contribution in [0.25, 0.3) is 11.3 Å². The molecule has 36 heavy (non-hydrogen) atoms. The summed E-state index contributed by atoms with van der Waals surface area (Å²) in [5.41, 5.74) is 4.07. The lowest BCUT2D eigenvalue weighted by molar-refractivity contribution is 0.101. The Morgan fingerprint density at radius 2 is 1.67 bits per heavy atom. The highest BCUT2D eigenvalue weighted by Gasteiger charge is 2.16. The molecule has 9 nitrogen and oxygen atoms in total. The third kappa shape index (κ3) is 5.33. The fourth-order valence-corrected chi connectivity index (χ4v) is 3.94. The zero-order valence-corrected chi connectivity index (χ0v) is 20.0. The Kier molecular flexibility index (Phi) is 6.59. The van der Waals surface area contributed by atoms with Gasteiger partial charge in [-0.2, -0.15) is 10.1 Å². The second-order valence-corrected chi connectivity index (χ2v) is 8.50. The summed E-state index contributed by atoms with van der Waals surface area (Å²) in [6.45, 7) is 4.80. The fraction of sp³-hybridized carbons (Fsp3) is 0.231. The first-order valence-corrected chi connectivity index (χ1v) is 11.6. The smallest absolute Gasteiger partial charge is 0.273 e. The van der Waals surface area contributed by atoms with E-state index in [0.29, 0.717) is 42.1 Å². The molecular weight excluding hydrogens is 461 g/mol. The van der Waals surface area contributed by atoms with Gasteiger partial charge < -0.3 is 20.3 Å². The SMILES string of the molecule is Cc1cc(Nc2ccc(NC(=O)c3cc(-c4ccc(F)cc4)nn3C)cc2)nc(N2CCOCC2)n1. The minimum atomic E-state index is -0.321. The topological polar surface area (TPSA) is 97.2 Å². The molecule has 2 N–H and O–H groups in total. The van der Waals surface area contributed by atoms with Crippen LogP contribution in [0.2, 0.25) is 0 Å². The quantitative estimate of drug-likeness (QED) is 0.422. The summed E-state index contributed by atoms with van der Waals surface area (Å²) in [7, 11) is 1.70. The first kappa shape index (κ1) is 23.4. The predicted octanol–water partition coefficient (Wildman–Crippen LogP) is 4.16. The molecule has 0 unspecified atom stereocenters. The molecule has 0 atom stereocenters. The van der Waals surface area contributed by atoms with Crippen molar-refractivity contribution in [2.24, 2.45) is 7.05 Å². The molecule has 10 heteroatoms. The minimum absolute atomic E-state index is 0.291. The Morgan fingerprint density at radius 3 is 2.39 bits per heavy atom. The molecule has 3 heterocycles. The summed E-state index contributed by atoms with van der Waals surface area (Å²) in [6.07, 6.45) is 0. The summed E-state index contributed by atoms with van der Waals surface area (Å²) in [5.74, 6) is 0.767. The van der Waals surface area contributed by atoms with Gasteiger partial charge in [-0.05, 0) is 61.5 Å². The molecule has 0 radical (unpaired) electrons. The molecule has 5 rings (SSSR count). The highest BCUT2D eigenvalue weighted by Crippen LogP contribution is 2.23. The molecule has 1 aliphatic heterocycles. The monoisotopic (exact) mass is 487 g/mol. The van der Waals surface area contributed by atoms with E-state index < -0.39 is 0 Å². The number of halogens is 1.